The lowest BCUT2D eigenvalue weighted by Gasteiger charge is -2.10. The molecule has 0 aliphatic carbocycles. The Morgan fingerprint density at radius 2 is 2.12 bits per heavy atom. The summed E-state index contributed by atoms with van der Waals surface area (Å²) >= 11 is 0. The van der Waals surface area contributed by atoms with Gasteiger partial charge in [-0.25, -0.2) is 14.1 Å². The van der Waals surface area contributed by atoms with Gasteiger partial charge in [-0.2, -0.15) is 0 Å². The fourth-order valence-corrected chi connectivity index (χ4v) is 2.20. The molecule has 0 amide bonds. The number of fused-ring (bicyclic) bond motifs is 1. The molecule has 0 saturated carbocycles. The predicted octanol–water partition coefficient (Wildman–Crippen LogP) is 2.09. The average Bonchev–Trinajstić information content (AvgIpc) is 2.91. The molecule has 2 aromatic rings. The van der Waals surface area contributed by atoms with Gasteiger partial charge in [0, 0.05) is 6.42 Å². The van der Waals surface area contributed by atoms with Crippen LogP contribution in [-0.2, 0) is 0 Å². The number of aromatic nitrogens is 3. The first-order valence-electron chi connectivity index (χ1n) is 5.40. The molecule has 1 aliphatic rings. The molecule has 3 rings (SSSR count). The first kappa shape index (κ1) is 10.1. The highest BCUT2D eigenvalue weighted by atomic mass is 19.1. The second-order valence-corrected chi connectivity index (χ2v) is 4.02. The second-order valence-electron chi connectivity index (χ2n) is 4.02. The van der Waals surface area contributed by atoms with E-state index in [4.69, 9.17) is 0 Å². The van der Waals surface area contributed by atoms with Gasteiger partial charge in [-0.15, -0.1) is 5.10 Å². The molecule has 0 bridgehead atoms. The maximum absolute atomic E-state index is 13.8. The molecule has 2 atom stereocenters. The highest BCUT2D eigenvalue weighted by molar-refractivity contribution is 5.68. The molecule has 0 unspecified atom stereocenters. The number of rotatable bonds is 2. The number of benzene rings is 1. The quantitative estimate of drug-likeness (QED) is 0.743. The summed E-state index contributed by atoms with van der Waals surface area (Å²) in [6, 6.07) is 9.40. The number of halogens is 1. The molecule has 1 aliphatic heterocycles. The maximum atomic E-state index is 13.8. The van der Waals surface area contributed by atoms with E-state index in [0.29, 0.717) is 12.7 Å². The summed E-state index contributed by atoms with van der Waals surface area (Å²) in [7, 11) is 0. The fraction of sp³-hybridized carbons (Fsp3) is 0.250. The Balaban J connectivity index is 2.06. The van der Waals surface area contributed by atoms with Gasteiger partial charge in [0.25, 0.3) is 0 Å². The molecule has 86 valence electrons. The van der Waals surface area contributed by atoms with Crippen LogP contribution in [0.2, 0.25) is 0 Å². The van der Waals surface area contributed by atoms with Crippen LogP contribution < -0.4 is 0 Å². The molecule has 0 fully saturated rings. The number of hydrogen-bond donors (Lipinski definition) is 0. The van der Waals surface area contributed by atoms with E-state index in [2.05, 4.69) is 10.1 Å². The maximum Gasteiger partial charge on any atom is 0.214 e. The lowest BCUT2D eigenvalue weighted by Crippen LogP contribution is -2.07. The Labute approximate surface area is 97.1 Å². The van der Waals surface area contributed by atoms with E-state index in [1.54, 1.807) is 0 Å². The molecule has 4 nitrogen and oxygen atoms in total. The summed E-state index contributed by atoms with van der Waals surface area (Å²) in [5, 5.41) is 4.01. The van der Waals surface area contributed by atoms with E-state index >= 15 is 0 Å². The van der Waals surface area contributed by atoms with Crippen molar-refractivity contribution in [2.45, 2.75) is 18.6 Å². The topological polar surface area (TPSA) is 47.8 Å². The first-order chi connectivity index (χ1) is 8.29. The minimum absolute atomic E-state index is 0.0447. The number of aldehydes is 1. The van der Waals surface area contributed by atoms with Crippen LogP contribution in [0.1, 0.15) is 40.6 Å². The Morgan fingerprint density at radius 1 is 1.35 bits per heavy atom. The van der Waals surface area contributed by atoms with Gasteiger partial charge in [0.15, 0.2) is 18.3 Å². The molecule has 1 aromatic carbocycles. The van der Waals surface area contributed by atoms with E-state index in [-0.39, 0.29) is 17.7 Å². The Hall–Kier alpha value is -2.04. The summed E-state index contributed by atoms with van der Waals surface area (Å²) in [6.07, 6.45) is -0.278. The molecule has 0 N–H and O–H groups in total. The molecule has 0 spiro atoms. The van der Waals surface area contributed by atoms with Crippen molar-refractivity contribution < 1.29 is 9.18 Å². The van der Waals surface area contributed by atoms with Crippen LogP contribution in [0.15, 0.2) is 30.3 Å². The van der Waals surface area contributed by atoms with Crippen molar-refractivity contribution in [3.05, 3.63) is 47.5 Å². The zero-order valence-electron chi connectivity index (χ0n) is 8.95. The van der Waals surface area contributed by atoms with Crippen molar-refractivity contribution in [2.24, 2.45) is 0 Å². The van der Waals surface area contributed by atoms with Gasteiger partial charge in [-0.3, -0.25) is 4.79 Å². The summed E-state index contributed by atoms with van der Waals surface area (Å²) in [4.78, 5) is 14.5. The van der Waals surface area contributed by atoms with Gasteiger partial charge in [-0.05, 0) is 5.56 Å². The van der Waals surface area contributed by atoms with Gasteiger partial charge in [0.2, 0.25) is 5.82 Å². The normalized spacial score (nSPS) is 22.4. The smallest absolute Gasteiger partial charge is 0.214 e. The minimum Gasteiger partial charge on any atom is -0.294 e. The lowest BCUT2D eigenvalue weighted by atomic mass is 10.0. The molecular formula is C12H10FN3O. The fourth-order valence-electron chi connectivity index (χ4n) is 2.20. The molecule has 17 heavy (non-hydrogen) atoms. The molecule has 0 saturated heterocycles. The summed E-state index contributed by atoms with van der Waals surface area (Å²) in [6.45, 7) is 0. The van der Waals surface area contributed by atoms with Gasteiger partial charge in [-0.1, -0.05) is 30.3 Å². The van der Waals surface area contributed by atoms with Crippen LogP contribution in [0.3, 0.4) is 0 Å². The van der Waals surface area contributed by atoms with E-state index in [1.165, 1.54) is 4.68 Å². The Kier molecular flexibility index (Phi) is 2.24. The Morgan fingerprint density at radius 3 is 2.82 bits per heavy atom. The molecule has 2 heterocycles. The van der Waals surface area contributed by atoms with Gasteiger partial charge in [0.1, 0.15) is 0 Å². The van der Waals surface area contributed by atoms with E-state index in [1.807, 2.05) is 30.3 Å². The number of alkyl halides is 1. The minimum atomic E-state index is -1.15. The summed E-state index contributed by atoms with van der Waals surface area (Å²) < 4.78 is 15.3. The zero-order valence-corrected chi connectivity index (χ0v) is 8.95. The average molecular weight is 231 g/mol. The van der Waals surface area contributed by atoms with E-state index < -0.39 is 6.17 Å². The van der Waals surface area contributed by atoms with Crippen LogP contribution in [0.25, 0.3) is 0 Å². The van der Waals surface area contributed by atoms with Crippen LogP contribution in [0, 0.1) is 0 Å². The Bertz CT molecular complexity index is 552. The van der Waals surface area contributed by atoms with Crippen molar-refractivity contribution in [1.82, 2.24) is 14.8 Å². The number of hydrogen-bond acceptors (Lipinski definition) is 3. The van der Waals surface area contributed by atoms with Crippen molar-refractivity contribution in [2.75, 3.05) is 0 Å². The largest absolute Gasteiger partial charge is 0.294 e. The summed E-state index contributed by atoms with van der Waals surface area (Å²) in [5.41, 5.74) is 0.983. The molecule has 0 radical (unpaired) electrons. The number of nitrogens with zero attached hydrogens (tertiary/aromatic N) is 3. The second kappa shape index (κ2) is 3.76. The highest BCUT2D eigenvalue weighted by Gasteiger charge is 2.35. The standard InChI is InChI=1S/C12H10FN3O/c13-9-6-10(8-4-2-1-3-5-8)16-12(9)14-11(7-17)15-16/h1-5,7,9-10H,6H2/t9-,10-/m1/s1. The number of carbonyl (C=O) groups excluding carboxylic acids is 1. The third-order valence-corrected chi connectivity index (χ3v) is 2.97. The number of carbonyl (C=O) groups is 1. The third kappa shape index (κ3) is 1.54. The van der Waals surface area contributed by atoms with Crippen LogP contribution >= 0.6 is 0 Å². The van der Waals surface area contributed by atoms with Crippen molar-refractivity contribution in [3.63, 3.8) is 0 Å². The highest BCUT2D eigenvalue weighted by Crippen LogP contribution is 2.38. The molecule has 5 heteroatoms. The monoisotopic (exact) mass is 231 g/mol. The van der Waals surface area contributed by atoms with Crippen LogP contribution in [0.5, 0.6) is 0 Å². The lowest BCUT2D eigenvalue weighted by molar-refractivity contribution is 0.111. The van der Waals surface area contributed by atoms with Crippen molar-refractivity contribution >= 4 is 6.29 Å². The van der Waals surface area contributed by atoms with Crippen molar-refractivity contribution in [1.29, 1.82) is 0 Å². The first-order valence-corrected chi connectivity index (χ1v) is 5.40. The molecular weight excluding hydrogens is 221 g/mol. The zero-order chi connectivity index (χ0) is 11.8. The van der Waals surface area contributed by atoms with E-state index in [0.717, 1.165) is 5.56 Å². The molecule has 1 aromatic heterocycles. The van der Waals surface area contributed by atoms with Crippen LogP contribution in [-0.4, -0.2) is 21.1 Å². The third-order valence-electron chi connectivity index (χ3n) is 2.97. The van der Waals surface area contributed by atoms with Gasteiger partial charge >= 0.3 is 0 Å². The van der Waals surface area contributed by atoms with Gasteiger partial charge in [0.05, 0.1) is 6.04 Å². The van der Waals surface area contributed by atoms with Crippen molar-refractivity contribution in [3.8, 4) is 0 Å². The van der Waals surface area contributed by atoms with E-state index in [9.17, 15) is 9.18 Å². The van der Waals surface area contributed by atoms with Crippen LogP contribution in [0.4, 0.5) is 4.39 Å². The predicted molar refractivity (Wildman–Crippen MR) is 58.5 cm³/mol. The van der Waals surface area contributed by atoms with Gasteiger partial charge < -0.3 is 0 Å². The summed E-state index contributed by atoms with van der Waals surface area (Å²) in [5.74, 6) is 0.296. The SMILES string of the molecule is O=Cc1nc2n(n1)[C@@H](c1ccccc1)C[C@H]2F.